The van der Waals surface area contributed by atoms with Gasteiger partial charge in [-0.25, -0.2) is 0 Å². The predicted octanol–water partition coefficient (Wildman–Crippen LogP) is -0.0867. The molecular formula is C13H24N6. The van der Waals surface area contributed by atoms with Crippen LogP contribution in [0, 0.1) is 0 Å². The number of hydrogen-bond acceptors (Lipinski definition) is 5. The molecule has 106 valence electrons. The van der Waals surface area contributed by atoms with Gasteiger partial charge in [-0.05, 0) is 14.1 Å². The molecule has 0 radical (unpaired) electrons. The van der Waals surface area contributed by atoms with Crippen LogP contribution in [-0.4, -0.2) is 86.5 Å². The zero-order valence-corrected chi connectivity index (χ0v) is 12.0. The van der Waals surface area contributed by atoms with Crippen LogP contribution in [-0.2, 0) is 0 Å². The fraction of sp³-hybridized carbons (Fsp3) is 0.769. The van der Waals surface area contributed by atoms with Crippen LogP contribution in [0.25, 0.3) is 0 Å². The molecule has 3 rings (SSSR count). The summed E-state index contributed by atoms with van der Waals surface area (Å²) in [6, 6.07) is 2.20. The van der Waals surface area contributed by atoms with Crippen molar-refractivity contribution in [3.63, 3.8) is 0 Å². The smallest absolute Gasteiger partial charge is 0.152 e. The molecule has 0 spiro atoms. The van der Waals surface area contributed by atoms with Crippen LogP contribution in [0.2, 0.25) is 0 Å². The summed E-state index contributed by atoms with van der Waals surface area (Å²) in [6.07, 6.45) is 0. The summed E-state index contributed by atoms with van der Waals surface area (Å²) in [5.74, 6) is 2.27. The molecule has 2 aliphatic heterocycles. The molecular weight excluding hydrogens is 240 g/mol. The van der Waals surface area contributed by atoms with Crippen molar-refractivity contribution in [2.24, 2.45) is 0 Å². The van der Waals surface area contributed by atoms with Crippen molar-refractivity contribution in [2.45, 2.75) is 0 Å². The van der Waals surface area contributed by atoms with Crippen LogP contribution in [0.15, 0.2) is 6.07 Å². The average molecular weight is 264 g/mol. The van der Waals surface area contributed by atoms with E-state index in [2.05, 4.69) is 50.0 Å². The van der Waals surface area contributed by atoms with Crippen LogP contribution in [0.4, 0.5) is 11.6 Å². The van der Waals surface area contributed by atoms with Crippen LogP contribution in [0.1, 0.15) is 0 Å². The number of likely N-dealkylation sites (N-methyl/N-ethyl adjacent to an activating group) is 2. The second kappa shape index (κ2) is 5.38. The average Bonchev–Trinajstić information content (AvgIpc) is 2.90. The monoisotopic (exact) mass is 264 g/mol. The minimum Gasteiger partial charge on any atom is -0.354 e. The van der Waals surface area contributed by atoms with E-state index in [1.807, 2.05) is 0 Å². The lowest BCUT2D eigenvalue weighted by Crippen LogP contribution is -2.45. The summed E-state index contributed by atoms with van der Waals surface area (Å²) in [6.45, 7) is 8.81. The van der Waals surface area contributed by atoms with E-state index in [0.29, 0.717) is 0 Å². The first-order chi connectivity index (χ1) is 9.22. The highest BCUT2D eigenvalue weighted by Crippen LogP contribution is 2.20. The molecule has 6 heteroatoms. The third kappa shape index (κ3) is 2.84. The molecule has 2 aliphatic rings. The highest BCUT2D eigenvalue weighted by molar-refractivity contribution is 5.51. The predicted molar refractivity (Wildman–Crippen MR) is 78.0 cm³/mol. The Bertz CT molecular complexity index is 365. The highest BCUT2D eigenvalue weighted by Gasteiger charge is 2.20. The largest absolute Gasteiger partial charge is 0.354 e. The van der Waals surface area contributed by atoms with Crippen LogP contribution < -0.4 is 9.80 Å². The van der Waals surface area contributed by atoms with Crippen molar-refractivity contribution >= 4 is 11.6 Å². The van der Waals surface area contributed by atoms with Crippen LogP contribution >= 0.6 is 0 Å². The Balaban J connectivity index is 1.63. The Morgan fingerprint density at radius 2 is 1.37 bits per heavy atom. The molecule has 2 fully saturated rings. The fourth-order valence-electron chi connectivity index (χ4n) is 2.71. The van der Waals surface area contributed by atoms with Gasteiger partial charge in [-0.1, -0.05) is 0 Å². The minimum absolute atomic E-state index is 1.07. The van der Waals surface area contributed by atoms with Crippen molar-refractivity contribution in [3.05, 3.63) is 6.07 Å². The van der Waals surface area contributed by atoms with E-state index < -0.39 is 0 Å². The SMILES string of the molecule is CN1CCN(c2cc(N3CCN(C)CC3)[nH]n2)CC1. The van der Waals surface area contributed by atoms with Gasteiger partial charge in [0.25, 0.3) is 0 Å². The lowest BCUT2D eigenvalue weighted by Gasteiger charge is -2.33. The number of piperazine rings is 2. The molecule has 0 saturated carbocycles. The molecule has 6 nitrogen and oxygen atoms in total. The first kappa shape index (κ1) is 12.7. The van der Waals surface area contributed by atoms with Crippen molar-refractivity contribution in [2.75, 3.05) is 76.3 Å². The second-order valence-corrected chi connectivity index (χ2v) is 5.69. The summed E-state index contributed by atoms with van der Waals surface area (Å²) in [4.78, 5) is 9.50. The van der Waals surface area contributed by atoms with E-state index in [0.717, 1.165) is 58.2 Å². The molecule has 2 saturated heterocycles. The lowest BCUT2D eigenvalue weighted by atomic mass is 10.3. The highest BCUT2D eigenvalue weighted by atomic mass is 15.4. The van der Waals surface area contributed by atoms with E-state index in [-0.39, 0.29) is 0 Å². The second-order valence-electron chi connectivity index (χ2n) is 5.69. The van der Waals surface area contributed by atoms with Gasteiger partial charge in [0.05, 0.1) is 0 Å². The van der Waals surface area contributed by atoms with Crippen molar-refractivity contribution in [1.82, 2.24) is 20.0 Å². The third-order valence-corrected chi connectivity index (χ3v) is 4.22. The van der Waals surface area contributed by atoms with Gasteiger partial charge in [-0.3, -0.25) is 5.10 Å². The molecule has 0 unspecified atom stereocenters. The summed E-state index contributed by atoms with van der Waals surface area (Å²) >= 11 is 0. The number of aromatic amines is 1. The number of nitrogens with zero attached hydrogens (tertiary/aromatic N) is 5. The van der Waals surface area contributed by atoms with E-state index >= 15 is 0 Å². The Morgan fingerprint density at radius 1 is 0.842 bits per heavy atom. The molecule has 1 aromatic rings. The topological polar surface area (TPSA) is 41.6 Å². The molecule has 0 bridgehead atoms. The van der Waals surface area contributed by atoms with Crippen molar-refractivity contribution < 1.29 is 0 Å². The zero-order chi connectivity index (χ0) is 13.2. The Hall–Kier alpha value is -1.27. The third-order valence-electron chi connectivity index (χ3n) is 4.22. The molecule has 0 aliphatic carbocycles. The fourth-order valence-corrected chi connectivity index (χ4v) is 2.71. The van der Waals surface area contributed by atoms with Crippen LogP contribution in [0.5, 0.6) is 0 Å². The van der Waals surface area contributed by atoms with E-state index in [1.54, 1.807) is 0 Å². The Kier molecular flexibility index (Phi) is 3.61. The number of H-pyrrole nitrogens is 1. The van der Waals surface area contributed by atoms with Gasteiger partial charge in [0.1, 0.15) is 5.82 Å². The van der Waals surface area contributed by atoms with Crippen molar-refractivity contribution in [3.8, 4) is 0 Å². The molecule has 1 aromatic heterocycles. The number of nitrogens with one attached hydrogen (secondary N) is 1. The lowest BCUT2D eigenvalue weighted by molar-refractivity contribution is 0.312. The molecule has 1 N–H and O–H groups in total. The Labute approximate surface area is 115 Å². The number of rotatable bonds is 2. The minimum atomic E-state index is 1.07. The summed E-state index contributed by atoms with van der Waals surface area (Å²) < 4.78 is 0. The zero-order valence-electron chi connectivity index (χ0n) is 12.0. The Morgan fingerprint density at radius 3 is 1.95 bits per heavy atom. The molecule has 0 aromatic carbocycles. The van der Waals surface area contributed by atoms with Crippen LogP contribution in [0.3, 0.4) is 0 Å². The maximum absolute atomic E-state index is 4.49. The standard InChI is InChI=1S/C13H24N6/c1-16-3-7-18(8-4-16)12-11-13(15-14-12)19-9-5-17(2)6-10-19/h11H,3-10H2,1-2H3,(H,14,15). The van der Waals surface area contributed by atoms with Gasteiger partial charge in [-0.2, -0.15) is 5.10 Å². The van der Waals surface area contributed by atoms with Gasteiger partial charge < -0.3 is 19.6 Å². The van der Waals surface area contributed by atoms with Gasteiger partial charge >= 0.3 is 0 Å². The quantitative estimate of drug-likeness (QED) is 0.809. The van der Waals surface area contributed by atoms with E-state index in [1.165, 1.54) is 5.82 Å². The van der Waals surface area contributed by atoms with Gasteiger partial charge in [-0.15, -0.1) is 0 Å². The summed E-state index contributed by atoms with van der Waals surface area (Å²) in [7, 11) is 4.36. The first-order valence-corrected chi connectivity index (χ1v) is 7.15. The van der Waals surface area contributed by atoms with Gasteiger partial charge in [0, 0.05) is 58.4 Å². The molecule has 19 heavy (non-hydrogen) atoms. The normalized spacial score (nSPS) is 23.1. The van der Waals surface area contributed by atoms with E-state index in [4.69, 9.17) is 0 Å². The maximum atomic E-state index is 4.49. The first-order valence-electron chi connectivity index (χ1n) is 7.15. The summed E-state index contributed by atoms with van der Waals surface area (Å²) in [5, 5.41) is 7.69. The van der Waals surface area contributed by atoms with Gasteiger partial charge in [0.2, 0.25) is 0 Å². The maximum Gasteiger partial charge on any atom is 0.152 e. The summed E-state index contributed by atoms with van der Waals surface area (Å²) in [5.41, 5.74) is 0. The number of anilines is 2. The molecule has 0 atom stereocenters. The molecule has 3 heterocycles. The number of hydrogen-bond donors (Lipinski definition) is 1. The van der Waals surface area contributed by atoms with Crippen molar-refractivity contribution in [1.29, 1.82) is 0 Å². The van der Waals surface area contributed by atoms with E-state index in [9.17, 15) is 0 Å². The number of aromatic nitrogens is 2. The van der Waals surface area contributed by atoms with Gasteiger partial charge in [0.15, 0.2) is 5.82 Å². The molecule has 0 amide bonds.